The van der Waals surface area contributed by atoms with E-state index in [9.17, 15) is 0 Å². The van der Waals surface area contributed by atoms with Crippen molar-refractivity contribution in [2.45, 2.75) is 38.0 Å². The van der Waals surface area contributed by atoms with Crippen LogP contribution in [-0.2, 0) is 0 Å². The standard InChI is InChI=1S/C13H19NS/c1-9-5-3-6-11(10(9)2)13(14)12-7-4-8-15-12/h3,5-6,12-13H,4,7-8,14H2,1-2H3. The van der Waals surface area contributed by atoms with E-state index in [0.717, 1.165) is 0 Å². The lowest BCUT2D eigenvalue weighted by atomic mass is 9.95. The minimum Gasteiger partial charge on any atom is -0.323 e. The van der Waals surface area contributed by atoms with Crippen LogP contribution in [0.2, 0.25) is 0 Å². The fourth-order valence-corrected chi connectivity index (χ4v) is 3.54. The highest BCUT2D eigenvalue weighted by Gasteiger charge is 2.24. The summed E-state index contributed by atoms with van der Waals surface area (Å²) in [5.74, 6) is 1.28. The molecule has 1 heterocycles. The Morgan fingerprint density at radius 1 is 1.40 bits per heavy atom. The van der Waals surface area contributed by atoms with Crippen molar-refractivity contribution in [1.82, 2.24) is 0 Å². The summed E-state index contributed by atoms with van der Waals surface area (Å²) in [4.78, 5) is 0. The van der Waals surface area contributed by atoms with Crippen molar-refractivity contribution < 1.29 is 0 Å². The van der Waals surface area contributed by atoms with Crippen molar-refractivity contribution in [2.24, 2.45) is 5.73 Å². The van der Waals surface area contributed by atoms with E-state index in [0.29, 0.717) is 5.25 Å². The first kappa shape index (κ1) is 11.0. The van der Waals surface area contributed by atoms with E-state index in [2.05, 4.69) is 32.0 Å². The first-order chi connectivity index (χ1) is 7.20. The average Bonchev–Trinajstić information content (AvgIpc) is 2.74. The number of aryl methyl sites for hydroxylation is 1. The zero-order chi connectivity index (χ0) is 10.8. The maximum absolute atomic E-state index is 6.35. The molecule has 1 nitrogen and oxygen atoms in total. The van der Waals surface area contributed by atoms with E-state index in [1.165, 1.54) is 35.3 Å². The molecule has 1 saturated heterocycles. The van der Waals surface area contributed by atoms with Gasteiger partial charge in [-0.05, 0) is 49.1 Å². The summed E-state index contributed by atoms with van der Waals surface area (Å²) in [5, 5.41) is 0.630. The summed E-state index contributed by atoms with van der Waals surface area (Å²) in [6.07, 6.45) is 2.60. The Morgan fingerprint density at radius 3 is 2.87 bits per heavy atom. The molecule has 1 aromatic carbocycles. The third-order valence-corrected chi connectivity index (χ3v) is 4.85. The topological polar surface area (TPSA) is 26.0 Å². The van der Waals surface area contributed by atoms with Gasteiger partial charge in [-0.3, -0.25) is 0 Å². The zero-order valence-corrected chi connectivity index (χ0v) is 10.3. The molecule has 0 radical (unpaired) electrons. The summed E-state index contributed by atoms with van der Waals surface area (Å²) in [5.41, 5.74) is 10.4. The van der Waals surface area contributed by atoms with Gasteiger partial charge < -0.3 is 5.73 Å². The number of benzene rings is 1. The molecule has 0 saturated carbocycles. The molecule has 1 fully saturated rings. The number of hydrogen-bond donors (Lipinski definition) is 1. The van der Waals surface area contributed by atoms with E-state index in [1.807, 2.05) is 11.8 Å². The van der Waals surface area contributed by atoms with Gasteiger partial charge in [0.05, 0.1) is 0 Å². The van der Waals surface area contributed by atoms with Crippen molar-refractivity contribution in [3.63, 3.8) is 0 Å². The van der Waals surface area contributed by atoms with Gasteiger partial charge in [0, 0.05) is 11.3 Å². The van der Waals surface area contributed by atoms with Gasteiger partial charge in [-0.1, -0.05) is 18.2 Å². The third-order valence-electron chi connectivity index (χ3n) is 3.37. The second-order valence-corrected chi connectivity index (χ2v) is 5.71. The maximum atomic E-state index is 6.35. The van der Waals surface area contributed by atoms with Gasteiger partial charge in [-0.2, -0.15) is 11.8 Å². The average molecular weight is 221 g/mol. The predicted octanol–water partition coefficient (Wildman–Crippen LogP) is 3.20. The highest BCUT2D eigenvalue weighted by molar-refractivity contribution is 8.00. The van der Waals surface area contributed by atoms with Crippen LogP contribution < -0.4 is 5.73 Å². The molecule has 1 aromatic rings. The highest BCUT2D eigenvalue weighted by Crippen LogP contribution is 2.35. The van der Waals surface area contributed by atoms with E-state index in [-0.39, 0.29) is 6.04 Å². The Hall–Kier alpha value is -0.470. The van der Waals surface area contributed by atoms with Gasteiger partial charge in [0.25, 0.3) is 0 Å². The smallest absolute Gasteiger partial charge is 0.0418 e. The van der Waals surface area contributed by atoms with Crippen LogP contribution in [0.1, 0.15) is 35.6 Å². The molecule has 1 aliphatic heterocycles. The van der Waals surface area contributed by atoms with Crippen LogP contribution in [0.15, 0.2) is 18.2 Å². The van der Waals surface area contributed by atoms with E-state index in [4.69, 9.17) is 5.73 Å². The number of rotatable bonds is 2. The second kappa shape index (κ2) is 4.58. The monoisotopic (exact) mass is 221 g/mol. The first-order valence-electron chi connectivity index (χ1n) is 5.63. The Morgan fingerprint density at radius 2 is 2.20 bits per heavy atom. The number of hydrogen-bond acceptors (Lipinski definition) is 2. The molecule has 1 aliphatic rings. The van der Waals surface area contributed by atoms with Crippen molar-refractivity contribution in [1.29, 1.82) is 0 Å². The van der Waals surface area contributed by atoms with Gasteiger partial charge in [0.2, 0.25) is 0 Å². The molecular weight excluding hydrogens is 202 g/mol. The van der Waals surface area contributed by atoms with Crippen LogP contribution in [0.25, 0.3) is 0 Å². The van der Waals surface area contributed by atoms with E-state index in [1.54, 1.807) is 0 Å². The van der Waals surface area contributed by atoms with Crippen LogP contribution in [0.5, 0.6) is 0 Å². The molecule has 15 heavy (non-hydrogen) atoms. The minimum absolute atomic E-state index is 0.220. The SMILES string of the molecule is Cc1cccc(C(N)C2CCCS2)c1C. The van der Waals surface area contributed by atoms with Crippen molar-refractivity contribution >= 4 is 11.8 Å². The summed E-state index contributed by atoms with van der Waals surface area (Å²) >= 11 is 2.03. The zero-order valence-electron chi connectivity index (χ0n) is 9.49. The molecule has 2 heteroatoms. The lowest BCUT2D eigenvalue weighted by Crippen LogP contribution is -2.22. The summed E-state index contributed by atoms with van der Waals surface area (Å²) in [7, 11) is 0. The third kappa shape index (κ3) is 2.21. The van der Waals surface area contributed by atoms with Gasteiger partial charge in [0.15, 0.2) is 0 Å². The van der Waals surface area contributed by atoms with Crippen molar-refractivity contribution in [3.8, 4) is 0 Å². The Labute approximate surface area is 96.4 Å². The number of thioether (sulfide) groups is 1. The highest BCUT2D eigenvalue weighted by atomic mass is 32.2. The number of nitrogens with two attached hydrogens (primary N) is 1. The molecule has 2 atom stereocenters. The van der Waals surface area contributed by atoms with Gasteiger partial charge in [0.1, 0.15) is 0 Å². The van der Waals surface area contributed by atoms with Crippen molar-refractivity contribution in [3.05, 3.63) is 34.9 Å². The summed E-state index contributed by atoms with van der Waals surface area (Å²) in [6.45, 7) is 4.34. The molecule has 0 bridgehead atoms. The second-order valence-electron chi connectivity index (χ2n) is 4.37. The molecule has 2 unspecified atom stereocenters. The molecular formula is C13H19NS. The van der Waals surface area contributed by atoms with Crippen LogP contribution in [0.4, 0.5) is 0 Å². The fraction of sp³-hybridized carbons (Fsp3) is 0.538. The van der Waals surface area contributed by atoms with Gasteiger partial charge >= 0.3 is 0 Å². The van der Waals surface area contributed by atoms with Gasteiger partial charge in [-0.25, -0.2) is 0 Å². The van der Waals surface area contributed by atoms with Crippen LogP contribution in [-0.4, -0.2) is 11.0 Å². The summed E-state index contributed by atoms with van der Waals surface area (Å²) < 4.78 is 0. The van der Waals surface area contributed by atoms with Gasteiger partial charge in [-0.15, -0.1) is 0 Å². The quantitative estimate of drug-likeness (QED) is 0.830. The molecule has 82 valence electrons. The maximum Gasteiger partial charge on any atom is 0.0418 e. The molecule has 0 aliphatic carbocycles. The molecule has 2 N–H and O–H groups in total. The molecule has 0 amide bonds. The Balaban J connectivity index is 2.24. The van der Waals surface area contributed by atoms with E-state index >= 15 is 0 Å². The largest absolute Gasteiger partial charge is 0.323 e. The Bertz CT molecular complexity index is 342. The molecule has 2 rings (SSSR count). The molecule has 0 spiro atoms. The van der Waals surface area contributed by atoms with Crippen LogP contribution in [0, 0.1) is 13.8 Å². The fourth-order valence-electron chi connectivity index (χ4n) is 2.22. The first-order valence-corrected chi connectivity index (χ1v) is 6.68. The summed E-state index contributed by atoms with van der Waals surface area (Å²) in [6, 6.07) is 6.69. The predicted molar refractivity (Wildman–Crippen MR) is 68.3 cm³/mol. The lowest BCUT2D eigenvalue weighted by Gasteiger charge is -2.21. The molecule has 0 aromatic heterocycles. The van der Waals surface area contributed by atoms with Crippen LogP contribution >= 0.6 is 11.8 Å². The lowest BCUT2D eigenvalue weighted by molar-refractivity contribution is 0.642. The van der Waals surface area contributed by atoms with Crippen molar-refractivity contribution in [2.75, 3.05) is 5.75 Å². The normalized spacial score (nSPS) is 23.0. The van der Waals surface area contributed by atoms with E-state index < -0.39 is 0 Å². The van der Waals surface area contributed by atoms with Crippen LogP contribution in [0.3, 0.4) is 0 Å². The Kier molecular flexibility index (Phi) is 3.37. The minimum atomic E-state index is 0.220.